The Morgan fingerprint density at radius 2 is 1.58 bits per heavy atom. The van der Waals surface area contributed by atoms with Crippen molar-refractivity contribution in [2.24, 2.45) is 0 Å². The molecule has 0 saturated heterocycles. The van der Waals surface area contributed by atoms with Gasteiger partial charge in [0, 0.05) is 25.6 Å². The normalized spacial score (nSPS) is 18.9. The topological polar surface area (TPSA) is 96.5 Å². The molecule has 6 rings (SSSR count). The molecule has 0 radical (unpaired) electrons. The average molecular weight is 652 g/mol. The molecule has 2 heterocycles. The molecule has 1 saturated carbocycles. The molecule has 0 spiro atoms. The van der Waals surface area contributed by atoms with Gasteiger partial charge in [-0.25, -0.2) is 4.79 Å². The van der Waals surface area contributed by atoms with Crippen molar-refractivity contribution in [2.75, 3.05) is 25.1 Å². The molecule has 3 aliphatic rings. The summed E-state index contributed by atoms with van der Waals surface area (Å²) in [6, 6.07) is 22.4. The summed E-state index contributed by atoms with van der Waals surface area (Å²) >= 11 is 0. The van der Waals surface area contributed by atoms with Gasteiger partial charge in [0.1, 0.15) is 12.1 Å². The van der Waals surface area contributed by atoms with Crippen LogP contribution in [0, 0.1) is 6.92 Å². The van der Waals surface area contributed by atoms with E-state index in [9.17, 15) is 19.2 Å². The fraction of sp³-hybridized carbons (Fsp3) is 0.436. The highest BCUT2D eigenvalue weighted by atomic mass is 16.6. The quantitative estimate of drug-likeness (QED) is 0.272. The van der Waals surface area contributed by atoms with E-state index in [-0.39, 0.29) is 36.9 Å². The van der Waals surface area contributed by atoms with Crippen molar-refractivity contribution >= 4 is 29.6 Å². The van der Waals surface area contributed by atoms with E-state index in [0.29, 0.717) is 38.0 Å². The molecule has 0 unspecified atom stereocenters. The number of hydrogen-bond donors (Lipinski definition) is 0. The van der Waals surface area contributed by atoms with Gasteiger partial charge in [0.05, 0.1) is 25.8 Å². The molecule has 9 nitrogen and oxygen atoms in total. The molecule has 2 aliphatic heterocycles. The number of esters is 1. The Bertz CT molecular complexity index is 1650. The molecule has 9 heteroatoms. The van der Waals surface area contributed by atoms with Gasteiger partial charge < -0.3 is 19.3 Å². The van der Waals surface area contributed by atoms with E-state index in [1.807, 2.05) is 73.7 Å². The summed E-state index contributed by atoms with van der Waals surface area (Å²) in [5, 5.41) is 0. The number of carbonyl (C=O) groups excluding carboxylic acids is 4. The highest BCUT2D eigenvalue weighted by molar-refractivity contribution is 6.01. The number of ether oxygens (including phenoxy) is 2. The van der Waals surface area contributed by atoms with Gasteiger partial charge >= 0.3 is 12.1 Å². The minimum Gasteiger partial charge on any atom is -0.469 e. The summed E-state index contributed by atoms with van der Waals surface area (Å²) in [5.74, 6) is -0.932. The lowest BCUT2D eigenvalue weighted by Crippen LogP contribution is -2.54. The van der Waals surface area contributed by atoms with Crippen LogP contribution in [-0.2, 0) is 49.7 Å². The van der Waals surface area contributed by atoms with Crippen molar-refractivity contribution in [3.05, 3.63) is 101 Å². The summed E-state index contributed by atoms with van der Waals surface area (Å²) in [7, 11) is 1.35. The van der Waals surface area contributed by atoms with Crippen LogP contribution in [-0.4, -0.2) is 72.1 Å². The van der Waals surface area contributed by atoms with Gasteiger partial charge in [-0.2, -0.15) is 0 Å². The lowest BCUT2D eigenvalue weighted by atomic mass is 9.92. The summed E-state index contributed by atoms with van der Waals surface area (Å²) in [4.78, 5) is 60.0. The highest BCUT2D eigenvalue weighted by Gasteiger charge is 2.43. The summed E-state index contributed by atoms with van der Waals surface area (Å²) in [5.41, 5.74) is 5.85. The van der Waals surface area contributed by atoms with Crippen LogP contribution in [0.3, 0.4) is 0 Å². The van der Waals surface area contributed by atoms with Crippen LogP contribution in [0.1, 0.15) is 66.3 Å². The smallest absolute Gasteiger partial charge is 0.415 e. The van der Waals surface area contributed by atoms with Gasteiger partial charge in [-0.05, 0) is 73.8 Å². The Balaban J connectivity index is 1.27. The number of amides is 3. The molecule has 1 aliphatic carbocycles. The maximum atomic E-state index is 14.7. The number of nitrogens with zero attached hydrogens (tertiary/aromatic N) is 3. The second kappa shape index (κ2) is 15.0. The first-order chi connectivity index (χ1) is 23.3. The number of methoxy groups -OCH3 is 1. The van der Waals surface area contributed by atoms with Crippen LogP contribution in [0.15, 0.2) is 72.8 Å². The lowest BCUT2D eigenvalue weighted by molar-refractivity contribution is -0.147. The van der Waals surface area contributed by atoms with Crippen molar-refractivity contribution < 1.29 is 28.7 Å². The van der Waals surface area contributed by atoms with Crippen molar-refractivity contribution in [3.63, 3.8) is 0 Å². The largest absolute Gasteiger partial charge is 0.469 e. The maximum Gasteiger partial charge on any atom is 0.415 e. The van der Waals surface area contributed by atoms with Gasteiger partial charge in [-0.1, -0.05) is 78.7 Å². The first-order valence-corrected chi connectivity index (χ1v) is 17.2. The molecule has 48 heavy (non-hydrogen) atoms. The molecular weight excluding hydrogens is 606 g/mol. The van der Waals surface area contributed by atoms with Gasteiger partial charge in [-0.3, -0.25) is 19.3 Å². The SMILES string of the molecule is COC(=O)C[C@H]1Cc2ccccc2CN1C(=O)CN(CCc1cccc(C)c1)C(=O)[C@H]1Cc2ccccc2N1C(=O)OC1CCCCC1. The van der Waals surface area contributed by atoms with Crippen molar-refractivity contribution in [1.82, 2.24) is 9.80 Å². The van der Waals surface area contributed by atoms with Crippen molar-refractivity contribution in [1.29, 1.82) is 0 Å². The number of para-hydroxylation sites is 1. The van der Waals surface area contributed by atoms with Gasteiger partial charge in [0.25, 0.3) is 0 Å². The Morgan fingerprint density at radius 1 is 0.854 bits per heavy atom. The second-order valence-corrected chi connectivity index (χ2v) is 13.3. The number of anilines is 1. The minimum absolute atomic E-state index is 0.0620. The number of rotatable bonds is 9. The fourth-order valence-electron chi connectivity index (χ4n) is 7.39. The number of hydrogen-bond acceptors (Lipinski definition) is 6. The van der Waals surface area contributed by atoms with E-state index >= 15 is 0 Å². The van der Waals surface area contributed by atoms with E-state index in [2.05, 4.69) is 6.07 Å². The number of aryl methyl sites for hydroxylation is 1. The van der Waals surface area contributed by atoms with Crippen LogP contribution in [0.4, 0.5) is 10.5 Å². The number of fused-ring (bicyclic) bond motifs is 2. The van der Waals surface area contributed by atoms with Crippen LogP contribution < -0.4 is 4.90 Å². The molecule has 0 aromatic heterocycles. The van der Waals surface area contributed by atoms with Crippen LogP contribution in [0.2, 0.25) is 0 Å². The predicted octanol–water partition coefficient (Wildman–Crippen LogP) is 5.78. The van der Waals surface area contributed by atoms with Gasteiger partial charge in [0.2, 0.25) is 11.8 Å². The Hall–Kier alpha value is -4.66. The second-order valence-electron chi connectivity index (χ2n) is 13.3. The van der Waals surface area contributed by atoms with Crippen LogP contribution in [0.25, 0.3) is 0 Å². The molecule has 3 aromatic rings. The third-order valence-corrected chi connectivity index (χ3v) is 9.97. The molecular formula is C39H45N3O6. The molecule has 1 fully saturated rings. The maximum absolute atomic E-state index is 14.7. The fourth-order valence-corrected chi connectivity index (χ4v) is 7.39. The van der Waals surface area contributed by atoms with Crippen LogP contribution in [0.5, 0.6) is 0 Å². The van der Waals surface area contributed by atoms with Crippen molar-refractivity contribution in [2.45, 2.75) is 89.4 Å². The zero-order valence-corrected chi connectivity index (χ0v) is 27.9. The molecule has 0 N–H and O–H groups in total. The molecule has 3 amide bonds. The van der Waals surface area contributed by atoms with E-state index in [4.69, 9.17) is 9.47 Å². The van der Waals surface area contributed by atoms with E-state index < -0.39 is 18.2 Å². The van der Waals surface area contributed by atoms with E-state index in [1.165, 1.54) is 12.0 Å². The summed E-state index contributed by atoms with van der Waals surface area (Å²) in [6.07, 6.45) is 5.60. The van der Waals surface area contributed by atoms with Gasteiger partial charge in [0.15, 0.2) is 0 Å². The zero-order chi connectivity index (χ0) is 33.6. The highest BCUT2D eigenvalue weighted by Crippen LogP contribution is 2.35. The van der Waals surface area contributed by atoms with Crippen LogP contribution >= 0.6 is 0 Å². The summed E-state index contributed by atoms with van der Waals surface area (Å²) < 4.78 is 11.0. The standard InChI is InChI=1S/C39H45N3O6/c1-27-11-10-12-28(21-27)19-20-40(26-36(43)41-25-31-15-7-6-13-29(31)22-32(41)24-37(44)47-2)38(45)35-23-30-14-8-9-18-34(30)42(35)39(46)48-33-16-4-3-5-17-33/h6-15,18,21,32-33,35H,3-5,16-17,19-20,22-26H2,1-2H3/t32-,35-/m1/s1. The number of carbonyl (C=O) groups is 4. The molecule has 3 aromatic carbocycles. The minimum atomic E-state index is -0.836. The number of benzene rings is 3. The monoisotopic (exact) mass is 651 g/mol. The predicted molar refractivity (Wildman–Crippen MR) is 182 cm³/mol. The zero-order valence-electron chi connectivity index (χ0n) is 27.9. The Labute approximate surface area is 282 Å². The van der Waals surface area contributed by atoms with Gasteiger partial charge in [-0.15, -0.1) is 0 Å². The van der Waals surface area contributed by atoms with E-state index in [1.54, 1.807) is 9.80 Å². The Morgan fingerprint density at radius 3 is 2.33 bits per heavy atom. The first kappa shape index (κ1) is 33.2. The molecule has 0 bridgehead atoms. The van der Waals surface area contributed by atoms with Crippen molar-refractivity contribution in [3.8, 4) is 0 Å². The average Bonchev–Trinajstić information content (AvgIpc) is 3.49. The summed E-state index contributed by atoms with van der Waals surface area (Å²) in [6.45, 7) is 2.48. The third kappa shape index (κ3) is 7.56. The first-order valence-electron chi connectivity index (χ1n) is 17.2. The third-order valence-electron chi connectivity index (χ3n) is 9.97. The lowest BCUT2D eigenvalue weighted by Gasteiger charge is -2.38. The molecule has 252 valence electrons. The molecule has 2 atom stereocenters. The Kier molecular flexibility index (Phi) is 10.4. The van der Waals surface area contributed by atoms with E-state index in [0.717, 1.165) is 59.9 Å².